The minimum atomic E-state index is -2.19. The molecule has 0 aliphatic carbocycles. The van der Waals surface area contributed by atoms with Crippen LogP contribution in [-0.2, 0) is 14.0 Å². The second-order valence-corrected chi connectivity index (χ2v) is 2.99. The molecular formula is C12H14I2N2. The summed E-state index contributed by atoms with van der Waals surface area (Å²) in [7, 11) is 0. The maximum Gasteiger partial charge on any atom is 0.169 e. The quantitative estimate of drug-likeness (QED) is 0.307. The van der Waals surface area contributed by atoms with Crippen molar-refractivity contribution in [1.82, 2.24) is 0 Å². The molecule has 0 unspecified atom stereocenters. The highest BCUT2D eigenvalue weighted by atomic mass is 127. The smallest absolute Gasteiger partial charge is 0.169 e. The van der Waals surface area contributed by atoms with Crippen LogP contribution in [0.25, 0.3) is 11.1 Å². The second kappa shape index (κ2) is 7.16. The Morgan fingerprint density at radius 1 is 0.750 bits per heavy atom. The highest BCUT2D eigenvalue weighted by molar-refractivity contribution is 5.60. The summed E-state index contributed by atoms with van der Waals surface area (Å²) in [5.74, 6) is 0. The monoisotopic (exact) mass is 446 g/mol. The van der Waals surface area contributed by atoms with Crippen LogP contribution < -0.4 is 57.1 Å². The van der Waals surface area contributed by atoms with Crippen LogP contribution in [0.5, 0.6) is 0 Å². The van der Waals surface area contributed by atoms with Crippen molar-refractivity contribution in [3.63, 3.8) is 0 Å². The lowest BCUT2D eigenvalue weighted by atomic mass is 10.1. The van der Waals surface area contributed by atoms with Crippen molar-refractivity contribution in [2.45, 2.75) is 0 Å². The van der Waals surface area contributed by atoms with Gasteiger partial charge in [-0.2, -0.15) is 0 Å². The summed E-state index contributed by atoms with van der Waals surface area (Å²) in [4.78, 5) is 0. The highest BCUT2D eigenvalue weighted by Gasteiger charge is 2.00. The van der Waals surface area contributed by atoms with Gasteiger partial charge in [-0.15, -0.1) is 0 Å². The molecule has 2 heterocycles. The van der Waals surface area contributed by atoms with Gasteiger partial charge in [0.15, 0.2) is 24.8 Å². The van der Waals surface area contributed by atoms with E-state index in [9.17, 15) is 0 Å². The third kappa shape index (κ3) is 3.97. The van der Waals surface area contributed by atoms with E-state index in [1.54, 1.807) is 24.3 Å². The molecule has 0 saturated carbocycles. The fraction of sp³-hybridized carbons (Fsp3) is 0.167. The van der Waals surface area contributed by atoms with Crippen LogP contribution in [0.2, 0.25) is 0 Å². The van der Waals surface area contributed by atoms with Gasteiger partial charge in [0.2, 0.25) is 0 Å². The lowest BCUT2D eigenvalue weighted by molar-refractivity contribution is -0.671. The number of pyridine rings is 2. The minimum Gasteiger partial charge on any atom is -1.00 e. The van der Waals surface area contributed by atoms with E-state index in [2.05, 4.69) is 0 Å². The fourth-order valence-corrected chi connectivity index (χ4v) is 1.24. The van der Waals surface area contributed by atoms with Gasteiger partial charge in [0.25, 0.3) is 0 Å². The Morgan fingerprint density at radius 3 is 1.31 bits per heavy atom. The lowest BCUT2D eigenvalue weighted by Gasteiger charge is -1.97. The van der Waals surface area contributed by atoms with Crippen LogP contribution in [0.3, 0.4) is 0 Å². The van der Waals surface area contributed by atoms with E-state index in [0.717, 1.165) is 20.3 Å². The topological polar surface area (TPSA) is 7.76 Å². The number of hydrogen-bond donors (Lipinski definition) is 0. The lowest BCUT2D eigenvalue weighted by Crippen LogP contribution is -3.00. The predicted octanol–water partition coefficient (Wildman–Crippen LogP) is -4.99. The maximum atomic E-state index is 7.28. The Labute approximate surface area is 139 Å². The average Bonchev–Trinajstić information content (AvgIpc) is 2.37. The molecule has 0 aromatic carbocycles. The van der Waals surface area contributed by atoms with Gasteiger partial charge in [0.1, 0.15) is 22.2 Å². The number of aromatic nitrogens is 2. The molecule has 0 saturated heterocycles. The molecular weight excluding hydrogens is 426 g/mol. The predicted molar refractivity (Wildman–Crippen MR) is 54.2 cm³/mol. The summed E-state index contributed by atoms with van der Waals surface area (Å²) in [5.41, 5.74) is 1.64. The van der Waals surface area contributed by atoms with Crippen LogP contribution in [-0.4, -0.2) is 0 Å². The Hall–Kier alpha value is -0.240. The molecule has 86 valence electrons. The molecule has 0 amide bonds. The Balaban J connectivity index is 0.00000220. The minimum absolute atomic E-state index is 0. The first kappa shape index (κ1) is 7.97. The summed E-state index contributed by atoms with van der Waals surface area (Å²) in [6.07, 6.45) is 5.92. The SMILES string of the molecule is [2H]C([2H])([2H])[n+]1ccc(-c2cc[n+](C([2H])([2H])[2H])cc2)cc1.[I-].[I-]. The summed E-state index contributed by atoms with van der Waals surface area (Å²) in [5, 5.41) is 0. The van der Waals surface area contributed by atoms with Crippen LogP contribution in [0.4, 0.5) is 0 Å². The first-order valence-corrected chi connectivity index (χ1v) is 4.22. The largest absolute Gasteiger partial charge is 1.00 e. The third-order valence-corrected chi connectivity index (χ3v) is 1.99. The van der Waals surface area contributed by atoms with Crippen molar-refractivity contribution < 1.29 is 65.3 Å². The maximum absolute atomic E-state index is 7.28. The Morgan fingerprint density at radius 2 is 1.06 bits per heavy atom. The molecule has 2 rings (SSSR count). The van der Waals surface area contributed by atoms with E-state index in [4.69, 9.17) is 8.22 Å². The van der Waals surface area contributed by atoms with E-state index in [1.807, 2.05) is 0 Å². The van der Waals surface area contributed by atoms with Crippen molar-refractivity contribution in [3.05, 3.63) is 49.1 Å². The molecule has 0 bridgehead atoms. The molecule has 0 aliphatic heterocycles. The first-order valence-electron chi connectivity index (χ1n) is 7.22. The Kier molecular flexibility index (Phi) is 3.56. The molecule has 0 radical (unpaired) electrons. The van der Waals surface area contributed by atoms with E-state index in [1.165, 1.54) is 24.8 Å². The molecule has 0 fully saturated rings. The van der Waals surface area contributed by atoms with Crippen molar-refractivity contribution in [2.24, 2.45) is 14.0 Å². The molecule has 16 heavy (non-hydrogen) atoms. The van der Waals surface area contributed by atoms with Gasteiger partial charge < -0.3 is 48.0 Å². The zero-order chi connectivity index (χ0) is 15.0. The van der Waals surface area contributed by atoms with E-state index < -0.39 is 14.0 Å². The standard InChI is InChI=1S/C12H14N2.2HI/c1-13-7-3-11(4-8-13)12-5-9-14(2)10-6-12;;/h3-10H,1-2H3;2*1H/q+2;;/p-2/i1D3,2D3;;. The molecule has 0 aliphatic rings. The molecule has 0 N–H and O–H groups in total. The van der Waals surface area contributed by atoms with Crippen LogP contribution in [0, 0.1) is 0 Å². The van der Waals surface area contributed by atoms with Crippen molar-refractivity contribution >= 4 is 0 Å². The van der Waals surface area contributed by atoms with Crippen LogP contribution in [0.15, 0.2) is 49.1 Å². The summed E-state index contributed by atoms with van der Waals surface area (Å²) >= 11 is 0. The summed E-state index contributed by atoms with van der Waals surface area (Å²) in [6, 6.07) is 6.73. The van der Waals surface area contributed by atoms with Gasteiger partial charge in [-0.05, 0) is 11.1 Å². The molecule has 2 aromatic heterocycles. The number of halogens is 2. The van der Waals surface area contributed by atoms with Crippen molar-refractivity contribution in [1.29, 1.82) is 0 Å². The summed E-state index contributed by atoms with van der Waals surface area (Å²) in [6.45, 7) is -4.39. The fourth-order valence-electron chi connectivity index (χ4n) is 1.24. The average molecular weight is 446 g/mol. The molecule has 4 heteroatoms. The number of hydrogen-bond acceptors (Lipinski definition) is 0. The zero-order valence-electron chi connectivity index (χ0n) is 14.3. The number of nitrogens with zero attached hydrogens (tertiary/aromatic N) is 2. The van der Waals surface area contributed by atoms with Gasteiger partial charge >= 0.3 is 0 Å². The number of rotatable bonds is 1. The van der Waals surface area contributed by atoms with Crippen molar-refractivity contribution in [3.8, 4) is 11.1 Å². The van der Waals surface area contributed by atoms with Gasteiger partial charge in [0, 0.05) is 24.3 Å². The van der Waals surface area contributed by atoms with Crippen molar-refractivity contribution in [2.75, 3.05) is 0 Å². The zero-order valence-corrected chi connectivity index (χ0v) is 12.6. The van der Waals surface area contributed by atoms with E-state index in [-0.39, 0.29) is 48.0 Å². The van der Waals surface area contributed by atoms with E-state index >= 15 is 0 Å². The molecule has 0 spiro atoms. The highest BCUT2D eigenvalue weighted by Crippen LogP contribution is 2.14. The third-order valence-electron chi connectivity index (χ3n) is 1.99. The summed E-state index contributed by atoms with van der Waals surface area (Å²) < 4.78 is 45.9. The molecule has 2 nitrogen and oxygen atoms in total. The normalized spacial score (nSPS) is 16.0. The molecule has 0 atom stereocenters. The van der Waals surface area contributed by atoms with Gasteiger partial charge in [-0.3, -0.25) is 0 Å². The number of aryl methyl sites for hydroxylation is 2. The van der Waals surface area contributed by atoms with E-state index in [0.29, 0.717) is 0 Å². The van der Waals surface area contributed by atoms with Gasteiger partial charge in [-0.1, -0.05) is 0 Å². The van der Waals surface area contributed by atoms with Crippen LogP contribution >= 0.6 is 0 Å². The van der Waals surface area contributed by atoms with Gasteiger partial charge in [-0.25, -0.2) is 9.13 Å². The molecule has 2 aromatic rings. The van der Waals surface area contributed by atoms with Crippen LogP contribution in [0.1, 0.15) is 8.22 Å². The second-order valence-electron chi connectivity index (χ2n) is 2.99. The first-order chi connectivity index (χ1) is 9.18. The Bertz CT molecular complexity index is 537. The van der Waals surface area contributed by atoms with Gasteiger partial charge in [0.05, 0.1) is 0 Å².